The molecule has 74 valence electrons. The van der Waals surface area contributed by atoms with Crippen molar-refractivity contribution in [3.8, 4) is 0 Å². The van der Waals surface area contributed by atoms with E-state index >= 15 is 0 Å². The van der Waals surface area contributed by atoms with E-state index in [0.717, 1.165) is 0 Å². The zero-order valence-electron chi connectivity index (χ0n) is 7.70. The van der Waals surface area contributed by atoms with Gasteiger partial charge in [-0.3, -0.25) is 0 Å². The highest BCUT2D eigenvalue weighted by Crippen LogP contribution is 2.19. The molecule has 5 nitrogen and oxygen atoms in total. The fourth-order valence-electron chi connectivity index (χ4n) is 0. The highest BCUT2D eigenvalue weighted by molar-refractivity contribution is 5.53. The molecule has 0 rings (SSSR count). The van der Waals surface area contributed by atoms with Crippen LogP contribution in [0.15, 0.2) is 0 Å². The van der Waals surface area contributed by atoms with Crippen LogP contribution in [0.1, 0.15) is 27.7 Å². The van der Waals surface area contributed by atoms with E-state index < -0.39 is 17.4 Å². The average molecular weight is 180 g/mol. The summed E-state index contributed by atoms with van der Waals surface area (Å²) in [5, 5.41) is 32.2. The molecule has 0 aliphatic rings. The Morgan fingerprint density at radius 3 is 1.00 bits per heavy atom. The van der Waals surface area contributed by atoms with Gasteiger partial charge >= 0.3 is 6.16 Å². The number of hydrogen-bond acceptors (Lipinski definition) is 3. The summed E-state index contributed by atoms with van der Waals surface area (Å²) in [4.78, 5) is 8.56. The molecule has 0 bridgehead atoms. The molecule has 5 heteroatoms. The molecule has 0 fully saturated rings. The van der Waals surface area contributed by atoms with Crippen LogP contribution in [0.4, 0.5) is 4.79 Å². The summed E-state index contributed by atoms with van der Waals surface area (Å²) in [6.45, 7) is 6.31. The Hall–Kier alpha value is -0.810. The van der Waals surface area contributed by atoms with Crippen LogP contribution < -0.4 is 0 Å². The molecule has 0 atom stereocenters. The van der Waals surface area contributed by atoms with Crippen LogP contribution in [0.3, 0.4) is 0 Å². The van der Waals surface area contributed by atoms with E-state index in [-0.39, 0.29) is 0 Å². The van der Waals surface area contributed by atoms with Gasteiger partial charge in [0.1, 0.15) is 0 Å². The molecule has 0 saturated carbocycles. The topological polar surface area (TPSA) is 98.0 Å². The van der Waals surface area contributed by atoms with Crippen molar-refractivity contribution >= 4 is 6.16 Å². The van der Waals surface area contributed by atoms with Gasteiger partial charge in [0.25, 0.3) is 0 Å². The van der Waals surface area contributed by atoms with E-state index in [0.29, 0.717) is 0 Å². The molecule has 0 aromatic carbocycles. The van der Waals surface area contributed by atoms with Crippen molar-refractivity contribution < 1.29 is 25.2 Å². The van der Waals surface area contributed by atoms with Crippen LogP contribution in [0.25, 0.3) is 0 Å². The minimum absolute atomic E-state index is 1.01. The first-order valence-electron chi connectivity index (χ1n) is 3.35. The number of aliphatic hydroxyl groups is 2. The van der Waals surface area contributed by atoms with Crippen LogP contribution >= 0.6 is 0 Å². The highest BCUT2D eigenvalue weighted by atomic mass is 16.6. The van der Waals surface area contributed by atoms with E-state index in [1.165, 1.54) is 0 Å². The second kappa shape index (κ2) is 4.27. The lowest BCUT2D eigenvalue weighted by Crippen LogP contribution is -2.44. The van der Waals surface area contributed by atoms with Gasteiger partial charge in [-0.25, -0.2) is 4.79 Å². The summed E-state index contributed by atoms with van der Waals surface area (Å²) in [6, 6.07) is 0. The van der Waals surface area contributed by atoms with Gasteiger partial charge in [-0.1, -0.05) is 0 Å². The lowest BCUT2D eigenvalue weighted by molar-refractivity contribution is -0.107. The van der Waals surface area contributed by atoms with Crippen molar-refractivity contribution in [1.29, 1.82) is 0 Å². The van der Waals surface area contributed by atoms with Crippen LogP contribution in [-0.2, 0) is 0 Å². The Labute approximate surface area is 71.3 Å². The third-order valence-corrected chi connectivity index (χ3v) is 1.50. The maximum atomic E-state index is 9.10. The van der Waals surface area contributed by atoms with Crippen molar-refractivity contribution in [1.82, 2.24) is 0 Å². The van der Waals surface area contributed by atoms with Crippen molar-refractivity contribution in [3.63, 3.8) is 0 Å². The zero-order chi connectivity index (χ0) is 10.6. The quantitative estimate of drug-likeness (QED) is 0.477. The minimum atomic E-state index is -1.83. The molecule has 0 aromatic rings. The smallest absolute Gasteiger partial charge is 0.450 e. The van der Waals surface area contributed by atoms with Crippen molar-refractivity contribution in [2.24, 2.45) is 0 Å². The molecule has 0 heterocycles. The maximum Gasteiger partial charge on any atom is 0.503 e. The minimum Gasteiger partial charge on any atom is -0.450 e. The molecule has 4 N–H and O–H groups in total. The summed E-state index contributed by atoms with van der Waals surface area (Å²) in [5.74, 6) is 0. The second-order valence-electron chi connectivity index (χ2n) is 3.40. The predicted octanol–water partition coefficient (Wildman–Crippen LogP) is 0.751. The largest absolute Gasteiger partial charge is 0.503 e. The molecular weight excluding hydrogens is 164 g/mol. The van der Waals surface area contributed by atoms with Crippen LogP contribution in [0.2, 0.25) is 0 Å². The van der Waals surface area contributed by atoms with E-state index in [9.17, 15) is 0 Å². The molecule has 0 unspecified atom stereocenters. The van der Waals surface area contributed by atoms with Crippen LogP contribution in [0, 0.1) is 0 Å². The summed E-state index contributed by atoms with van der Waals surface area (Å²) in [7, 11) is 0. The van der Waals surface area contributed by atoms with Crippen molar-refractivity contribution in [2.45, 2.75) is 38.9 Å². The first kappa shape index (κ1) is 13.8. The monoisotopic (exact) mass is 180 g/mol. The normalized spacial score (nSPS) is 11.5. The molecule has 12 heavy (non-hydrogen) atoms. The number of carboxylic acid groups (broad SMARTS) is 2. The number of hydrogen-bond donors (Lipinski definition) is 4. The summed E-state index contributed by atoms with van der Waals surface area (Å²) in [5.41, 5.74) is -2.01. The Kier molecular flexibility index (Phi) is 4.90. The summed E-state index contributed by atoms with van der Waals surface area (Å²) >= 11 is 0. The van der Waals surface area contributed by atoms with Gasteiger partial charge in [0, 0.05) is 0 Å². The second-order valence-corrected chi connectivity index (χ2v) is 3.40. The summed E-state index contributed by atoms with van der Waals surface area (Å²) in [6.07, 6.45) is -1.83. The summed E-state index contributed by atoms with van der Waals surface area (Å²) < 4.78 is 0. The average Bonchev–Trinajstić information content (AvgIpc) is 1.55. The third kappa shape index (κ3) is 9.19. The first-order chi connectivity index (χ1) is 4.98. The van der Waals surface area contributed by atoms with Crippen molar-refractivity contribution in [3.05, 3.63) is 0 Å². The van der Waals surface area contributed by atoms with Crippen molar-refractivity contribution in [2.75, 3.05) is 0 Å². The fraction of sp³-hybridized carbons (Fsp3) is 0.857. The Balaban J connectivity index is 0. The number of carbonyl (C=O) groups is 1. The van der Waals surface area contributed by atoms with Crippen LogP contribution in [0.5, 0.6) is 0 Å². The lowest BCUT2D eigenvalue weighted by atomic mass is 9.90. The molecule has 0 amide bonds. The Bertz CT molecular complexity index is 123. The van der Waals surface area contributed by atoms with Gasteiger partial charge < -0.3 is 20.4 Å². The molecule has 0 aliphatic carbocycles. The van der Waals surface area contributed by atoms with Gasteiger partial charge in [-0.05, 0) is 27.7 Å². The fourth-order valence-corrected chi connectivity index (χ4v) is 0. The van der Waals surface area contributed by atoms with E-state index in [4.69, 9.17) is 25.2 Å². The highest BCUT2D eigenvalue weighted by Gasteiger charge is 2.31. The maximum absolute atomic E-state index is 9.10. The van der Waals surface area contributed by atoms with Gasteiger partial charge in [0.05, 0.1) is 11.2 Å². The van der Waals surface area contributed by atoms with Gasteiger partial charge in [-0.2, -0.15) is 0 Å². The van der Waals surface area contributed by atoms with Gasteiger partial charge in [0.15, 0.2) is 0 Å². The Morgan fingerprint density at radius 1 is 0.917 bits per heavy atom. The standard InChI is InChI=1S/C6H14O2.CH2O3/c1-5(2,7)6(3,4)8;2-1(3)4/h7-8H,1-4H3;(H2,2,3,4). The number of rotatable bonds is 1. The molecule has 0 spiro atoms. The molecule has 0 aromatic heterocycles. The van der Waals surface area contributed by atoms with E-state index in [1.807, 2.05) is 0 Å². The van der Waals surface area contributed by atoms with Gasteiger partial charge in [0.2, 0.25) is 0 Å². The predicted molar refractivity (Wildman–Crippen MR) is 43.2 cm³/mol. The van der Waals surface area contributed by atoms with Crippen LogP contribution in [-0.4, -0.2) is 37.8 Å². The van der Waals surface area contributed by atoms with E-state index in [1.54, 1.807) is 27.7 Å². The zero-order valence-corrected chi connectivity index (χ0v) is 7.70. The van der Waals surface area contributed by atoms with Gasteiger partial charge in [-0.15, -0.1) is 0 Å². The van der Waals surface area contributed by atoms with E-state index in [2.05, 4.69) is 0 Å². The Morgan fingerprint density at radius 2 is 1.00 bits per heavy atom. The molecule has 0 radical (unpaired) electrons. The third-order valence-electron chi connectivity index (χ3n) is 1.50. The molecule has 0 saturated heterocycles. The lowest BCUT2D eigenvalue weighted by Gasteiger charge is -2.31. The SMILES string of the molecule is CC(C)(O)C(C)(C)O.O=C(O)O. The molecule has 0 aliphatic heterocycles. The first-order valence-corrected chi connectivity index (χ1v) is 3.35. The molecular formula is C7H16O5.